The molecular formula is C25H32FN3O2. The lowest BCUT2D eigenvalue weighted by Crippen LogP contribution is -2.43. The van der Waals surface area contributed by atoms with Crippen molar-refractivity contribution in [3.8, 4) is 5.75 Å². The van der Waals surface area contributed by atoms with E-state index in [9.17, 15) is 9.18 Å². The number of halogens is 1. The summed E-state index contributed by atoms with van der Waals surface area (Å²) < 4.78 is 18.6. The molecule has 2 aromatic carbocycles. The van der Waals surface area contributed by atoms with Gasteiger partial charge in [-0.05, 0) is 68.6 Å². The fraction of sp³-hybridized carbons (Fsp3) is 0.480. The Morgan fingerprint density at radius 3 is 2.71 bits per heavy atom. The molecule has 0 aromatic heterocycles. The zero-order valence-corrected chi connectivity index (χ0v) is 18.4. The first-order valence-corrected chi connectivity index (χ1v) is 11.1. The van der Waals surface area contributed by atoms with Crippen molar-refractivity contribution >= 4 is 11.6 Å². The third kappa shape index (κ3) is 5.25. The minimum absolute atomic E-state index is 0.0209. The van der Waals surface area contributed by atoms with E-state index in [2.05, 4.69) is 22.2 Å². The topological polar surface area (TPSA) is 44.8 Å². The van der Waals surface area contributed by atoms with E-state index in [4.69, 9.17) is 4.74 Å². The van der Waals surface area contributed by atoms with E-state index < -0.39 is 0 Å². The van der Waals surface area contributed by atoms with Crippen molar-refractivity contribution < 1.29 is 13.9 Å². The van der Waals surface area contributed by atoms with Crippen LogP contribution in [0.25, 0.3) is 0 Å². The van der Waals surface area contributed by atoms with Gasteiger partial charge in [-0.25, -0.2) is 4.39 Å². The summed E-state index contributed by atoms with van der Waals surface area (Å²) in [6.07, 6.45) is 3.23. The zero-order chi connectivity index (χ0) is 21.8. The molecule has 0 saturated carbocycles. The first kappa shape index (κ1) is 21.8. The number of ether oxygens (including phenoxy) is 1. The second-order valence-corrected chi connectivity index (χ2v) is 8.89. The molecule has 31 heavy (non-hydrogen) atoms. The molecule has 2 fully saturated rings. The number of benzene rings is 2. The SMILES string of the molecule is COc1ccccc1NC(=O)C1CC(C2CCCN(Cc3ccc(F)cc3)C2)N(C)C1. The number of methoxy groups -OCH3 is 1. The zero-order valence-electron chi connectivity index (χ0n) is 18.4. The molecule has 0 spiro atoms. The summed E-state index contributed by atoms with van der Waals surface area (Å²) in [5.41, 5.74) is 1.88. The fourth-order valence-corrected chi connectivity index (χ4v) is 5.15. The highest BCUT2D eigenvalue weighted by Gasteiger charge is 2.39. The van der Waals surface area contributed by atoms with Crippen LogP contribution >= 0.6 is 0 Å². The predicted molar refractivity (Wildman–Crippen MR) is 121 cm³/mol. The molecule has 2 saturated heterocycles. The maximum Gasteiger partial charge on any atom is 0.228 e. The summed E-state index contributed by atoms with van der Waals surface area (Å²) in [4.78, 5) is 17.8. The van der Waals surface area contributed by atoms with E-state index in [0.717, 1.165) is 50.3 Å². The number of hydrogen-bond donors (Lipinski definition) is 1. The highest BCUT2D eigenvalue weighted by atomic mass is 19.1. The average Bonchev–Trinajstić information content (AvgIpc) is 3.18. The normalized spacial score (nSPS) is 24.8. The molecule has 4 rings (SSSR count). The van der Waals surface area contributed by atoms with E-state index in [1.54, 1.807) is 7.11 Å². The molecule has 0 bridgehead atoms. The number of hydrogen-bond acceptors (Lipinski definition) is 4. The van der Waals surface area contributed by atoms with Crippen LogP contribution in [0, 0.1) is 17.7 Å². The minimum atomic E-state index is -0.190. The molecular weight excluding hydrogens is 393 g/mol. The highest BCUT2D eigenvalue weighted by molar-refractivity contribution is 5.94. The second kappa shape index (κ2) is 9.79. The van der Waals surface area contributed by atoms with Gasteiger partial charge in [0.05, 0.1) is 18.7 Å². The van der Waals surface area contributed by atoms with Crippen LogP contribution in [-0.2, 0) is 11.3 Å². The van der Waals surface area contributed by atoms with Gasteiger partial charge in [0.25, 0.3) is 0 Å². The van der Waals surface area contributed by atoms with Gasteiger partial charge < -0.3 is 15.0 Å². The van der Waals surface area contributed by atoms with Gasteiger partial charge in [-0.2, -0.15) is 0 Å². The highest BCUT2D eigenvalue weighted by Crippen LogP contribution is 2.34. The summed E-state index contributed by atoms with van der Waals surface area (Å²) in [6.45, 7) is 3.72. The molecule has 2 aromatic rings. The predicted octanol–water partition coefficient (Wildman–Crippen LogP) is 4.01. The number of carbonyl (C=O) groups is 1. The molecule has 0 radical (unpaired) electrons. The van der Waals surface area contributed by atoms with Crippen molar-refractivity contribution in [3.05, 3.63) is 59.9 Å². The first-order chi connectivity index (χ1) is 15.0. The van der Waals surface area contributed by atoms with Gasteiger partial charge >= 0.3 is 0 Å². The Hall–Kier alpha value is -2.44. The number of likely N-dealkylation sites (tertiary alicyclic amines) is 2. The van der Waals surface area contributed by atoms with E-state index in [1.807, 2.05) is 36.4 Å². The monoisotopic (exact) mass is 425 g/mol. The third-order valence-corrected chi connectivity index (χ3v) is 6.74. The second-order valence-electron chi connectivity index (χ2n) is 8.89. The fourth-order valence-electron chi connectivity index (χ4n) is 5.15. The van der Waals surface area contributed by atoms with Gasteiger partial charge in [-0.1, -0.05) is 24.3 Å². The summed E-state index contributed by atoms with van der Waals surface area (Å²) >= 11 is 0. The summed E-state index contributed by atoms with van der Waals surface area (Å²) in [5.74, 6) is 1.08. The van der Waals surface area contributed by atoms with Crippen LogP contribution in [0.3, 0.4) is 0 Å². The standard InChI is InChI=1S/C25H32FN3O2/c1-28-16-20(25(30)27-22-7-3-4-8-24(22)31-2)14-23(28)19-6-5-13-29(17-19)15-18-9-11-21(26)12-10-18/h3-4,7-12,19-20,23H,5-6,13-17H2,1-2H3,(H,27,30). The molecule has 0 aliphatic carbocycles. The molecule has 3 unspecified atom stereocenters. The Morgan fingerprint density at radius 1 is 1.16 bits per heavy atom. The molecule has 2 heterocycles. The smallest absolute Gasteiger partial charge is 0.228 e. The van der Waals surface area contributed by atoms with Crippen LogP contribution < -0.4 is 10.1 Å². The molecule has 2 aliphatic rings. The lowest BCUT2D eigenvalue weighted by molar-refractivity contribution is -0.119. The van der Waals surface area contributed by atoms with Gasteiger partial charge in [-0.15, -0.1) is 0 Å². The Balaban J connectivity index is 1.35. The number of para-hydroxylation sites is 2. The van der Waals surface area contributed by atoms with Crippen LogP contribution in [-0.4, -0.2) is 55.5 Å². The van der Waals surface area contributed by atoms with E-state index in [-0.39, 0.29) is 17.6 Å². The molecule has 5 nitrogen and oxygen atoms in total. The average molecular weight is 426 g/mol. The third-order valence-electron chi connectivity index (χ3n) is 6.74. The van der Waals surface area contributed by atoms with Crippen LogP contribution in [0.15, 0.2) is 48.5 Å². The molecule has 6 heteroatoms. The van der Waals surface area contributed by atoms with Crippen molar-refractivity contribution in [2.24, 2.45) is 11.8 Å². The van der Waals surface area contributed by atoms with Gasteiger partial charge in [0.1, 0.15) is 11.6 Å². The van der Waals surface area contributed by atoms with Crippen LogP contribution in [0.1, 0.15) is 24.8 Å². The molecule has 3 atom stereocenters. The van der Waals surface area contributed by atoms with Crippen LogP contribution in [0.4, 0.5) is 10.1 Å². The Bertz CT molecular complexity index is 889. The molecule has 2 aliphatic heterocycles. The summed E-state index contributed by atoms with van der Waals surface area (Å²) in [7, 11) is 3.76. The lowest BCUT2D eigenvalue weighted by Gasteiger charge is -2.38. The maximum absolute atomic E-state index is 13.2. The number of nitrogens with zero attached hydrogens (tertiary/aromatic N) is 2. The minimum Gasteiger partial charge on any atom is -0.495 e. The number of amides is 1. The lowest BCUT2D eigenvalue weighted by atomic mass is 9.87. The first-order valence-electron chi connectivity index (χ1n) is 11.1. The Morgan fingerprint density at radius 2 is 1.94 bits per heavy atom. The number of rotatable bonds is 6. The van der Waals surface area contributed by atoms with Crippen LogP contribution in [0.5, 0.6) is 5.75 Å². The molecule has 166 valence electrons. The number of nitrogens with one attached hydrogen (secondary N) is 1. The van der Waals surface area contributed by atoms with Gasteiger partial charge in [0.15, 0.2) is 0 Å². The maximum atomic E-state index is 13.2. The summed E-state index contributed by atoms with van der Waals surface area (Å²) in [5, 5.41) is 3.06. The Kier molecular flexibility index (Phi) is 6.88. The van der Waals surface area contributed by atoms with E-state index in [0.29, 0.717) is 17.7 Å². The van der Waals surface area contributed by atoms with Gasteiger partial charge in [-0.3, -0.25) is 9.69 Å². The van der Waals surface area contributed by atoms with Gasteiger partial charge in [0.2, 0.25) is 5.91 Å². The van der Waals surface area contributed by atoms with Gasteiger partial charge in [0, 0.05) is 25.7 Å². The summed E-state index contributed by atoms with van der Waals surface area (Å²) in [6, 6.07) is 14.8. The van der Waals surface area contributed by atoms with E-state index >= 15 is 0 Å². The van der Waals surface area contributed by atoms with E-state index in [1.165, 1.54) is 18.6 Å². The van der Waals surface area contributed by atoms with Crippen molar-refractivity contribution in [3.63, 3.8) is 0 Å². The molecule has 1 N–H and O–H groups in total. The van der Waals surface area contributed by atoms with Crippen molar-refractivity contribution in [1.29, 1.82) is 0 Å². The number of piperidine rings is 1. The number of carbonyl (C=O) groups excluding carboxylic acids is 1. The molecule has 1 amide bonds. The van der Waals surface area contributed by atoms with Crippen molar-refractivity contribution in [1.82, 2.24) is 9.80 Å². The quantitative estimate of drug-likeness (QED) is 0.760. The van der Waals surface area contributed by atoms with Crippen molar-refractivity contribution in [2.75, 3.05) is 39.1 Å². The van der Waals surface area contributed by atoms with Crippen LogP contribution in [0.2, 0.25) is 0 Å². The largest absolute Gasteiger partial charge is 0.495 e. The Labute approximate surface area is 184 Å². The van der Waals surface area contributed by atoms with Crippen molar-refractivity contribution in [2.45, 2.75) is 31.8 Å². The number of anilines is 1.